The van der Waals surface area contributed by atoms with Crippen molar-refractivity contribution in [3.05, 3.63) is 143 Å². The zero-order valence-electron chi connectivity index (χ0n) is 19.4. The minimum atomic E-state index is -0.302. The van der Waals surface area contributed by atoms with Gasteiger partial charge in [0.25, 0.3) is 0 Å². The lowest BCUT2D eigenvalue weighted by Gasteiger charge is -2.45. The van der Waals surface area contributed by atoms with Gasteiger partial charge >= 0.3 is 0 Å². The number of ketones is 1. The fraction of sp³-hybridized carbons (Fsp3) is 0.194. The second-order valence-electron chi connectivity index (χ2n) is 9.10. The van der Waals surface area contributed by atoms with E-state index in [1.807, 2.05) is 36.4 Å². The smallest absolute Gasteiger partial charge is 0.135 e. The van der Waals surface area contributed by atoms with E-state index in [2.05, 4.69) is 29.2 Å². The van der Waals surface area contributed by atoms with Crippen molar-refractivity contribution < 1.29 is 13.6 Å². The molecule has 4 heteroatoms. The standard InChI is InChI=1S/C31H27F2NO/c32-26-15-11-24(12-16-26)31(25-13-17-27(33)18-14-25)34-20-19-28(35)21-29(34)30(22-7-3-1-4-8-22)23-9-5-2-6-10-23/h1-18,29-31H,19-21H2. The van der Waals surface area contributed by atoms with Crippen LogP contribution in [0.2, 0.25) is 0 Å². The number of rotatable bonds is 6. The predicted molar refractivity (Wildman–Crippen MR) is 134 cm³/mol. The molecule has 1 atom stereocenters. The molecule has 1 saturated heterocycles. The molecule has 0 radical (unpaired) electrons. The Morgan fingerprint density at radius 1 is 0.629 bits per heavy atom. The molecule has 0 aliphatic carbocycles. The largest absolute Gasteiger partial charge is 0.300 e. The maximum atomic E-state index is 13.8. The van der Waals surface area contributed by atoms with E-state index in [-0.39, 0.29) is 35.4 Å². The molecule has 1 fully saturated rings. The summed E-state index contributed by atoms with van der Waals surface area (Å²) < 4.78 is 27.7. The lowest BCUT2D eigenvalue weighted by molar-refractivity contribution is -0.124. The van der Waals surface area contributed by atoms with Crippen LogP contribution in [0.15, 0.2) is 109 Å². The molecule has 0 spiro atoms. The van der Waals surface area contributed by atoms with Crippen LogP contribution in [0, 0.1) is 11.6 Å². The van der Waals surface area contributed by atoms with E-state index in [9.17, 15) is 13.6 Å². The van der Waals surface area contributed by atoms with E-state index in [0.29, 0.717) is 19.4 Å². The lowest BCUT2D eigenvalue weighted by Crippen LogP contribution is -2.48. The van der Waals surface area contributed by atoms with Crippen molar-refractivity contribution >= 4 is 5.78 Å². The van der Waals surface area contributed by atoms with Gasteiger partial charge in [0.05, 0.1) is 6.04 Å². The number of Topliss-reactive ketones (excluding diaryl/α,β-unsaturated/α-hetero) is 1. The second-order valence-corrected chi connectivity index (χ2v) is 9.10. The SMILES string of the molecule is O=C1CCN(C(c2ccc(F)cc2)c2ccc(F)cc2)C(C(c2ccccc2)c2ccccc2)C1. The molecule has 1 aliphatic rings. The molecule has 35 heavy (non-hydrogen) atoms. The van der Waals surface area contributed by atoms with Gasteiger partial charge in [0, 0.05) is 31.3 Å². The fourth-order valence-corrected chi connectivity index (χ4v) is 5.33. The number of halogens is 2. The van der Waals surface area contributed by atoms with Crippen molar-refractivity contribution in [1.82, 2.24) is 4.90 Å². The maximum absolute atomic E-state index is 13.8. The number of benzene rings is 4. The highest BCUT2D eigenvalue weighted by Gasteiger charge is 2.39. The zero-order valence-corrected chi connectivity index (χ0v) is 19.4. The quantitative estimate of drug-likeness (QED) is 0.307. The summed E-state index contributed by atoms with van der Waals surface area (Å²) >= 11 is 0. The molecule has 0 N–H and O–H groups in total. The Hall–Kier alpha value is -3.63. The Morgan fingerprint density at radius 2 is 1.09 bits per heavy atom. The molecule has 0 saturated carbocycles. The molecule has 4 aromatic rings. The monoisotopic (exact) mass is 467 g/mol. The third-order valence-corrected chi connectivity index (χ3v) is 6.92. The molecule has 176 valence electrons. The molecular formula is C31H27F2NO. The third kappa shape index (κ3) is 5.08. The summed E-state index contributed by atoms with van der Waals surface area (Å²) in [6.07, 6.45) is 0.860. The van der Waals surface area contributed by atoms with E-state index in [1.54, 1.807) is 24.3 Å². The predicted octanol–water partition coefficient (Wildman–Crippen LogP) is 6.92. The van der Waals surface area contributed by atoms with Gasteiger partial charge in [-0.1, -0.05) is 84.9 Å². The highest BCUT2D eigenvalue weighted by molar-refractivity contribution is 5.80. The van der Waals surface area contributed by atoms with Gasteiger partial charge in [0.1, 0.15) is 17.4 Å². The van der Waals surface area contributed by atoms with Gasteiger partial charge in [-0.05, 0) is 46.5 Å². The lowest BCUT2D eigenvalue weighted by atomic mass is 9.78. The molecule has 1 heterocycles. The highest BCUT2D eigenvalue weighted by atomic mass is 19.1. The Kier molecular flexibility index (Phi) is 6.82. The topological polar surface area (TPSA) is 20.3 Å². The second kappa shape index (κ2) is 10.3. The summed E-state index contributed by atoms with van der Waals surface area (Å²) in [5.41, 5.74) is 4.11. The van der Waals surface area contributed by atoms with Gasteiger partial charge < -0.3 is 0 Å². The summed E-state index contributed by atoms with van der Waals surface area (Å²) in [4.78, 5) is 15.2. The molecule has 0 bridgehead atoms. The van der Waals surface area contributed by atoms with Crippen LogP contribution in [-0.2, 0) is 4.79 Å². The number of hydrogen-bond acceptors (Lipinski definition) is 2. The normalized spacial score (nSPS) is 16.7. The van der Waals surface area contributed by atoms with Crippen LogP contribution in [0.5, 0.6) is 0 Å². The molecule has 1 unspecified atom stereocenters. The van der Waals surface area contributed by atoms with Gasteiger partial charge in [-0.3, -0.25) is 9.69 Å². The van der Waals surface area contributed by atoms with Gasteiger partial charge in [0.15, 0.2) is 0 Å². The number of carbonyl (C=O) groups is 1. The summed E-state index contributed by atoms with van der Waals surface area (Å²) in [5, 5.41) is 0. The fourth-order valence-electron chi connectivity index (χ4n) is 5.33. The Balaban J connectivity index is 1.66. The van der Waals surface area contributed by atoms with Crippen molar-refractivity contribution in [1.29, 1.82) is 0 Å². The summed E-state index contributed by atoms with van der Waals surface area (Å²) in [7, 11) is 0. The van der Waals surface area contributed by atoms with Crippen molar-refractivity contribution in [2.75, 3.05) is 6.54 Å². The molecule has 5 rings (SSSR count). The van der Waals surface area contributed by atoms with E-state index in [0.717, 1.165) is 22.3 Å². The van der Waals surface area contributed by atoms with Gasteiger partial charge in [-0.2, -0.15) is 0 Å². The first-order valence-electron chi connectivity index (χ1n) is 12.0. The first-order valence-corrected chi connectivity index (χ1v) is 12.0. The molecule has 2 nitrogen and oxygen atoms in total. The number of hydrogen-bond donors (Lipinski definition) is 0. The van der Waals surface area contributed by atoms with Gasteiger partial charge in [0.2, 0.25) is 0 Å². The zero-order chi connectivity index (χ0) is 24.2. The molecule has 1 aliphatic heterocycles. The van der Waals surface area contributed by atoms with Crippen LogP contribution >= 0.6 is 0 Å². The Bertz CT molecular complexity index is 1170. The van der Waals surface area contributed by atoms with Gasteiger partial charge in [-0.25, -0.2) is 8.78 Å². The van der Waals surface area contributed by atoms with Crippen LogP contribution in [0.25, 0.3) is 0 Å². The summed E-state index contributed by atoms with van der Waals surface area (Å²) in [5.74, 6) is -0.406. The maximum Gasteiger partial charge on any atom is 0.135 e. The van der Waals surface area contributed by atoms with Crippen molar-refractivity contribution in [3.8, 4) is 0 Å². The Labute approximate surface area is 204 Å². The molecular weight excluding hydrogens is 440 g/mol. The van der Waals surface area contributed by atoms with Crippen molar-refractivity contribution in [2.24, 2.45) is 0 Å². The van der Waals surface area contributed by atoms with E-state index in [1.165, 1.54) is 24.3 Å². The number of piperidine rings is 1. The molecule has 0 aromatic heterocycles. The van der Waals surface area contributed by atoms with Crippen LogP contribution in [0.4, 0.5) is 8.78 Å². The first kappa shape index (κ1) is 23.1. The number of nitrogens with zero attached hydrogens (tertiary/aromatic N) is 1. The third-order valence-electron chi connectivity index (χ3n) is 6.92. The highest BCUT2D eigenvalue weighted by Crippen LogP contribution is 2.41. The van der Waals surface area contributed by atoms with Crippen molar-refractivity contribution in [3.63, 3.8) is 0 Å². The van der Waals surface area contributed by atoms with E-state index in [4.69, 9.17) is 0 Å². The number of carbonyl (C=O) groups excluding carboxylic acids is 1. The van der Waals surface area contributed by atoms with Crippen LogP contribution in [-0.4, -0.2) is 23.3 Å². The van der Waals surface area contributed by atoms with Crippen LogP contribution in [0.1, 0.15) is 47.1 Å². The Morgan fingerprint density at radius 3 is 1.54 bits per heavy atom. The molecule has 4 aromatic carbocycles. The van der Waals surface area contributed by atoms with Crippen LogP contribution < -0.4 is 0 Å². The molecule has 0 amide bonds. The van der Waals surface area contributed by atoms with Crippen molar-refractivity contribution in [2.45, 2.75) is 30.8 Å². The van der Waals surface area contributed by atoms with Gasteiger partial charge in [-0.15, -0.1) is 0 Å². The average molecular weight is 468 g/mol. The van der Waals surface area contributed by atoms with Crippen LogP contribution in [0.3, 0.4) is 0 Å². The summed E-state index contributed by atoms with van der Waals surface area (Å²) in [6, 6.07) is 33.2. The minimum Gasteiger partial charge on any atom is -0.300 e. The van der Waals surface area contributed by atoms with E-state index >= 15 is 0 Å². The number of likely N-dealkylation sites (tertiary alicyclic amines) is 1. The summed E-state index contributed by atoms with van der Waals surface area (Å²) in [6.45, 7) is 0.569. The first-order chi connectivity index (χ1) is 17.1. The average Bonchev–Trinajstić information content (AvgIpc) is 2.89. The van der Waals surface area contributed by atoms with E-state index < -0.39 is 0 Å². The minimum absolute atomic E-state index is 0.0370.